The second-order valence-corrected chi connectivity index (χ2v) is 6.81. The van der Waals surface area contributed by atoms with E-state index in [0.29, 0.717) is 17.3 Å². The number of oxazole rings is 1. The molecule has 1 atom stereocenters. The van der Waals surface area contributed by atoms with E-state index in [0.717, 1.165) is 21.1 Å². The average Bonchev–Trinajstić information content (AvgIpc) is 2.83. The van der Waals surface area contributed by atoms with Crippen molar-refractivity contribution in [3.8, 4) is 0 Å². The normalized spacial score (nSPS) is 12.8. The van der Waals surface area contributed by atoms with Crippen molar-refractivity contribution >= 4 is 54.6 Å². The number of aromatic nitrogens is 1. The minimum atomic E-state index is 0.0867. The van der Waals surface area contributed by atoms with Crippen molar-refractivity contribution in [2.24, 2.45) is 0 Å². The number of para-hydroxylation sites is 2. The molecule has 0 N–H and O–H groups in total. The average molecular weight is 416 g/mol. The SMILES string of the molecule is Clc1ccc(Br)c(C(Br)Cc2nc3ccccc3o2)c1. The van der Waals surface area contributed by atoms with E-state index < -0.39 is 0 Å². The lowest BCUT2D eigenvalue weighted by Gasteiger charge is -2.10. The molecule has 0 amide bonds. The van der Waals surface area contributed by atoms with E-state index in [1.807, 2.05) is 42.5 Å². The molecule has 0 bridgehead atoms. The van der Waals surface area contributed by atoms with Crippen LogP contribution in [0.25, 0.3) is 11.1 Å². The number of benzene rings is 2. The summed E-state index contributed by atoms with van der Waals surface area (Å²) in [7, 11) is 0. The van der Waals surface area contributed by atoms with Crippen LogP contribution in [0.15, 0.2) is 51.4 Å². The van der Waals surface area contributed by atoms with E-state index in [1.165, 1.54) is 0 Å². The van der Waals surface area contributed by atoms with Gasteiger partial charge in [-0.05, 0) is 35.9 Å². The van der Waals surface area contributed by atoms with E-state index in [2.05, 4.69) is 36.8 Å². The molecule has 5 heteroatoms. The van der Waals surface area contributed by atoms with Crippen LogP contribution in [-0.2, 0) is 6.42 Å². The van der Waals surface area contributed by atoms with Crippen LogP contribution in [0, 0.1) is 0 Å². The third-order valence-electron chi connectivity index (χ3n) is 2.99. The molecule has 2 aromatic carbocycles. The molecular weight excluding hydrogens is 405 g/mol. The summed E-state index contributed by atoms with van der Waals surface area (Å²) >= 11 is 13.3. The molecule has 2 nitrogen and oxygen atoms in total. The fourth-order valence-electron chi connectivity index (χ4n) is 2.03. The lowest BCUT2D eigenvalue weighted by atomic mass is 10.1. The van der Waals surface area contributed by atoms with Gasteiger partial charge in [0.2, 0.25) is 0 Å². The predicted molar refractivity (Wildman–Crippen MR) is 88.5 cm³/mol. The third kappa shape index (κ3) is 2.92. The van der Waals surface area contributed by atoms with Crippen molar-refractivity contribution in [3.63, 3.8) is 0 Å². The fraction of sp³-hybridized carbons (Fsp3) is 0.133. The van der Waals surface area contributed by atoms with Crippen molar-refractivity contribution in [1.82, 2.24) is 4.98 Å². The van der Waals surface area contributed by atoms with Gasteiger partial charge >= 0.3 is 0 Å². The zero-order valence-electron chi connectivity index (χ0n) is 10.3. The third-order valence-corrected chi connectivity index (χ3v) is 4.76. The summed E-state index contributed by atoms with van der Waals surface area (Å²) in [6, 6.07) is 13.5. The Morgan fingerprint density at radius 1 is 1.20 bits per heavy atom. The van der Waals surface area contributed by atoms with E-state index in [9.17, 15) is 0 Å². The summed E-state index contributed by atoms with van der Waals surface area (Å²) in [6.07, 6.45) is 0.660. The van der Waals surface area contributed by atoms with Crippen LogP contribution >= 0.6 is 43.5 Å². The van der Waals surface area contributed by atoms with E-state index in [1.54, 1.807) is 0 Å². The molecule has 0 aliphatic heterocycles. The lowest BCUT2D eigenvalue weighted by molar-refractivity contribution is 0.527. The molecule has 102 valence electrons. The highest BCUT2D eigenvalue weighted by Crippen LogP contribution is 2.34. The van der Waals surface area contributed by atoms with Gasteiger partial charge in [-0.1, -0.05) is 55.6 Å². The van der Waals surface area contributed by atoms with Crippen LogP contribution in [0.3, 0.4) is 0 Å². The molecule has 0 fully saturated rings. The van der Waals surface area contributed by atoms with Crippen molar-refractivity contribution in [1.29, 1.82) is 0 Å². The Morgan fingerprint density at radius 3 is 2.80 bits per heavy atom. The smallest absolute Gasteiger partial charge is 0.196 e. The molecule has 0 aliphatic carbocycles. The van der Waals surface area contributed by atoms with Gasteiger partial charge < -0.3 is 4.42 Å². The largest absolute Gasteiger partial charge is 0.441 e. The van der Waals surface area contributed by atoms with Gasteiger partial charge in [0.25, 0.3) is 0 Å². The molecule has 0 spiro atoms. The van der Waals surface area contributed by atoms with E-state index in [-0.39, 0.29) is 4.83 Å². The Kier molecular flexibility index (Phi) is 4.15. The number of hydrogen-bond acceptors (Lipinski definition) is 2. The first-order valence-corrected chi connectivity index (χ1v) is 8.15. The summed E-state index contributed by atoms with van der Waals surface area (Å²) in [5.41, 5.74) is 2.78. The Balaban J connectivity index is 1.88. The summed E-state index contributed by atoms with van der Waals surface area (Å²) in [5.74, 6) is 0.708. The molecule has 0 aliphatic rings. The van der Waals surface area contributed by atoms with Gasteiger partial charge in [0, 0.05) is 20.7 Å². The summed E-state index contributed by atoms with van der Waals surface area (Å²) in [6.45, 7) is 0. The van der Waals surface area contributed by atoms with Crippen molar-refractivity contribution in [3.05, 3.63) is 63.4 Å². The Morgan fingerprint density at radius 2 is 2.00 bits per heavy atom. The number of fused-ring (bicyclic) bond motifs is 1. The van der Waals surface area contributed by atoms with Crippen LogP contribution in [-0.4, -0.2) is 4.98 Å². The molecule has 0 radical (unpaired) electrons. The van der Waals surface area contributed by atoms with Crippen LogP contribution in [0.1, 0.15) is 16.3 Å². The maximum atomic E-state index is 6.05. The second kappa shape index (κ2) is 5.88. The highest BCUT2D eigenvalue weighted by atomic mass is 79.9. The second-order valence-electron chi connectivity index (χ2n) is 4.41. The van der Waals surface area contributed by atoms with Gasteiger partial charge in [0.05, 0.1) is 0 Å². The Bertz CT molecular complexity index is 723. The molecule has 3 rings (SSSR count). The van der Waals surface area contributed by atoms with Crippen LogP contribution in [0.5, 0.6) is 0 Å². The quantitative estimate of drug-likeness (QED) is 0.496. The molecule has 0 saturated heterocycles. The number of halogens is 3. The van der Waals surface area contributed by atoms with Gasteiger partial charge in [-0.2, -0.15) is 0 Å². The molecule has 0 saturated carbocycles. The number of rotatable bonds is 3. The predicted octanol–water partition coefficient (Wildman–Crippen LogP) is 5.92. The van der Waals surface area contributed by atoms with Crippen LogP contribution in [0.2, 0.25) is 5.02 Å². The van der Waals surface area contributed by atoms with Crippen LogP contribution < -0.4 is 0 Å². The minimum Gasteiger partial charge on any atom is -0.441 e. The number of hydrogen-bond donors (Lipinski definition) is 0. The van der Waals surface area contributed by atoms with Gasteiger partial charge in [0.1, 0.15) is 5.52 Å². The molecule has 20 heavy (non-hydrogen) atoms. The van der Waals surface area contributed by atoms with Gasteiger partial charge in [-0.15, -0.1) is 0 Å². The van der Waals surface area contributed by atoms with Gasteiger partial charge in [-0.25, -0.2) is 4.98 Å². The van der Waals surface area contributed by atoms with Gasteiger partial charge in [-0.3, -0.25) is 0 Å². The number of alkyl halides is 1. The first-order valence-electron chi connectivity index (χ1n) is 6.07. The minimum absolute atomic E-state index is 0.0867. The van der Waals surface area contributed by atoms with Crippen molar-refractivity contribution in [2.45, 2.75) is 11.2 Å². The van der Waals surface area contributed by atoms with Crippen LogP contribution in [0.4, 0.5) is 0 Å². The van der Waals surface area contributed by atoms with E-state index >= 15 is 0 Å². The lowest BCUT2D eigenvalue weighted by Crippen LogP contribution is -1.97. The highest BCUT2D eigenvalue weighted by molar-refractivity contribution is 9.11. The molecule has 1 heterocycles. The Hall–Kier alpha value is -0.840. The zero-order valence-corrected chi connectivity index (χ0v) is 14.2. The van der Waals surface area contributed by atoms with Crippen molar-refractivity contribution < 1.29 is 4.42 Å². The fourth-order valence-corrected chi connectivity index (χ4v) is 3.69. The highest BCUT2D eigenvalue weighted by Gasteiger charge is 2.16. The summed E-state index contributed by atoms with van der Waals surface area (Å²) in [4.78, 5) is 4.57. The zero-order chi connectivity index (χ0) is 14.1. The Labute approximate surface area is 138 Å². The maximum Gasteiger partial charge on any atom is 0.196 e. The topological polar surface area (TPSA) is 26.0 Å². The molecule has 1 aromatic heterocycles. The van der Waals surface area contributed by atoms with E-state index in [4.69, 9.17) is 16.0 Å². The van der Waals surface area contributed by atoms with Gasteiger partial charge in [0.15, 0.2) is 11.5 Å². The monoisotopic (exact) mass is 413 g/mol. The standard InChI is InChI=1S/C15H10Br2ClNO/c16-11-6-5-9(18)7-10(11)12(17)8-15-19-13-3-1-2-4-14(13)20-15/h1-7,12H,8H2. The molecule has 3 aromatic rings. The number of nitrogens with zero attached hydrogens (tertiary/aromatic N) is 1. The summed E-state index contributed by atoms with van der Waals surface area (Å²) in [5, 5.41) is 0.713. The van der Waals surface area contributed by atoms with Crippen molar-refractivity contribution in [2.75, 3.05) is 0 Å². The first-order chi connectivity index (χ1) is 9.63. The molecule has 1 unspecified atom stereocenters. The summed E-state index contributed by atoms with van der Waals surface area (Å²) < 4.78 is 6.75. The maximum absolute atomic E-state index is 6.05. The first kappa shape index (κ1) is 14.1. The molecular formula is C15H10Br2ClNO.